The van der Waals surface area contributed by atoms with Crippen LogP contribution in [0.15, 0.2) is 67.3 Å². The molecule has 6 nitrogen and oxygen atoms in total. The maximum Gasteiger partial charge on any atom is 0.161 e. The second-order valence-electron chi connectivity index (χ2n) is 7.10. The zero-order valence-electron chi connectivity index (χ0n) is 16.6. The number of rotatable bonds is 7. The molecule has 1 aliphatic rings. The highest BCUT2D eigenvalue weighted by molar-refractivity contribution is 5.43. The highest BCUT2D eigenvalue weighted by Gasteiger charge is 2.24. The van der Waals surface area contributed by atoms with Crippen LogP contribution in [0.1, 0.15) is 22.7 Å². The van der Waals surface area contributed by atoms with Gasteiger partial charge in [-0.1, -0.05) is 6.07 Å². The van der Waals surface area contributed by atoms with Crippen LogP contribution in [-0.2, 0) is 13.2 Å². The molecular formula is C23H26N4O2. The Kier molecular flexibility index (Phi) is 6.34. The van der Waals surface area contributed by atoms with Crippen molar-refractivity contribution in [1.29, 1.82) is 0 Å². The summed E-state index contributed by atoms with van der Waals surface area (Å²) in [5.74, 6) is 1.51. The average molecular weight is 390 g/mol. The molecule has 0 saturated carbocycles. The third-order valence-electron chi connectivity index (χ3n) is 5.20. The van der Waals surface area contributed by atoms with Gasteiger partial charge < -0.3 is 14.8 Å². The standard InChI is InChI=1S/C23H26N4O2/c1-28-23-14-19(2-3-22(23)29-17-18-4-8-24-9-5-18)16-27-13-12-26-15-21(27)20-6-10-25-11-7-20/h2-11,14,21,26H,12-13,15-17H2,1H3. The monoisotopic (exact) mass is 390 g/mol. The number of nitrogens with zero attached hydrogens (tertiary/aromatic N) is 3. The van der Waals surface area contributed by atoms with E-state index in [4.69, 9.17) is 9.47 Å². The van der Waals surface area contributed by atoms with Crippen LogP contribution in [0.5, 0.6) is 11.5 Å². The first-order chi connectivity index (χ1) is 14.3. The van der Waals surface area contributed by atoms with Crippen molar-refractivity contribution in [2.75, 3.05) is 26.7 Å². The maximum atomic E-state index is 5.97. The lowest BCUT2D eigenvalue weighted by Crippen LogP contribution is -2.45. The van der Waals surface area contributed by atoms with Crippen LogP contribution in [0.4, 0.5) is 0 Å². The number of hydrogen-bond donors (Lipinski definition) is 1. The van der Waals surface area contributed by atoms with Gasteiger partial charge in [0.1, 0.15) is 6.61 Å². The van der Waals surface area contributed by atoms with E-state index < -0.39 is 0 Å². The first-order valence-electron chi connectivity index (χ1n) is 9.87. The van der Waals surface area contributed by atoms with Crippen molar-refractivity contribution in [3.63, 3.8) is 0 Å². The molecule has 1 unspecified atom stereocenters. The molecule has 3 heterocycles. The quantitative estimate of drug-likeness (QED) is 0.669. The Balaban J connectivity index is 1.46. The first kappa shape index (κ1) is 19.4. The van der Waals surface area contributed by atoms with Crippen molar-refractivity contribution < 1.29 is 9.47 Å². The first-order valence-corrected chi connectivity index (χ1v) is 9.87. The molecule has 0 bridgehead atoms. The Morgan fingerprint density at radius 1 is 0.966 bits per heavy atom. The molecule has 1 fully saturated rings. The molecule has 1 aliphatic heterocycles. The van der Waals surface area contributed by atoms with Gasteiger partial charge in [-0.25, -0.2) is 0 Å². The Labute approximate surface area is 171 Å². The Morgan fingerprint density at radius 2 is 1.72 bits per heavy atom. The fourth-order valence-electron chi connectivity index (χ4n) is 3.65. The molecule has 150 valence electrons. The lowest BCUT2D eigenvalue weighted by Gasteiger charge is -2.36. The third kappa shape index (κ3) is 4.91. The number of methoxy groups -OCH3 is 1. The second kappa shape index (κ2) is 9.49. The third-order valence-corrected chi connectivity index (χ3v) is 5.20. The molecule has 29 heavy (non-hydrogen) atoms. The van der Waals surface area contributed by atoms with Gasteiger partial charge in [-0.2, -0.15) is 0 Å². The predicted molar refractivity (Wildman–Crippen MR) is 112 cm³/mol. The van der Waals surface area contributed by atoms with E-state index in [2.05, 4.69) is 44.5 Å². The average Bonchev–Trinajstić information content (AvgIpc) is 2.80. The molecule has 1 aromatic carbocycles. The number of pyridine rings is 2. The van der Waals surface area contributed by atoms with Gasteiger partial charge in [0.2, 0.25) is 0 Å². The van der Waals surface area contributed by atoms with Crippen molar-refractivity contribution in [1.82, 2.24) is 20.2 Å². The van der Waals surface area contributed by atoms with Crippen molar-refractivity contribution in [3.8, 4) is 11.5 Å². The van der Waals surface area contributed by atoms with E-state index in [0.717, 1.165) is 43.2 Å². The fraction of sp³-hybridized carbons (Fsp3) is 0.304. The van der Waals surface area contributed by atoms with Crippen molar-refractivity contribution in [2.24, 2.45) is 0 Å². The van der Waals surface area contributed by atoms with E-state index >= 15 is 0 Å². The number of piperazine rings is 1. The Bertz CT molecular complexity index is 905. The molecule has 2 aromatic heterocycles. The zero-order chi connectivity index (χ0) is 19.9. The molecule has 3 aromatic rings. The Hall–Kier alpha value is -2.96. The summed E-state index contributed by atoms with van der Waals surface area (Å²) >= 11 is 0. The SMILES string of the molecule is COc1cc(CN2CCNCC2c2ccncc2)ccc1OCc1ccncc1. The van der Waals surface area contributed by atoms with Gasteiger partial charge in [0.25, 0.3) is 0 Å². The van der Waals surface area contributed by atoms with E-state index in [1.54, 1.807) is 19.5 Å². The summed E-state index contributed by atoms with van der Waals surface area (Å²) in [6, 6.07) is 14.6. The zero-order valence-corrected chi connectivity index (χ0v) is 16.6. The fourth-order valence-corrected chi connectivity index (χ4v) is 3.65. The number of nitrogens with one attached hydrogen (secondary N) is 1. The van der Waals surface area contributed by atoms with Gasteiger partial charge in [0.05, 0.1) is 7.11 Å². The summed E-state index contributed by atoms with van der Waals surface area (Å²) < 4.78 is 11.6. The highest BCUT2D eigenvalue weighted by Crippen LogP contribution is 2.31. The van der Waals surface area contributed by atoms with Gasteiger partial charge in [-0.15, -0.1) is 0 Å². The van der Waals surface area contributed by atoms with Crippen LogP contribution >= 0.6 is 0 Å². The highest BCUT2D eigenvalue weighted by atomic mass is 16.5. The maximum absolute atomic E-state index is 5.97. The molecule has 0 spiro atoms. The summed E-state index contributed by atoms with van der Waals surface area (Å²) in [5, 5.41) is 3.50. The van der Waals surface area contributed by atoms with Crippen LogP contribution in [-0.4, -0.2) is 41.6 Å². The minimum atomic E-state index is 0.334. The van der Waals surface area contributed by atoms with E-state index in [1.165, 1.54) is 11.1 Å². The van der Waals surface area contributed by atoms with Crippen molar-refractivity contribution in [2.45, 2.75) is 19.2 Å². The summed E-state index contributed by atoms with van der Waals surface area (Å²) in [7, 11) is 1.68. The Morgan fingerprint density at radius 3 is 2.48 bits per heavy atom. The lowest BCUT2D eigenvalue weighted by molar-refractivity contribution is 0.153. The van der Waals surface area contributed by atoms with Crippen molar-refractivity contribution >= 4 is 0 Å². The smallest absolute Gasteiger partial charge is 0.161 e. The van der Waals surface area contributed by atoms with Crippen LogP contribution < -0.4 is 14.8 Å². The summed E-state index contributed by atoms with van der Waals surface area (Å²) in [6.07, 6.45) is 7.26. The van der Waals surface area contributed by atoms with Crippen LogP contribution in [0.25, 0.3) is 0 Å². The largest absolute Gasteiger partial charge is 0.493 e. The topological polar surface area (TPSA) is 59.5 Å². The number of benzene rings is 1. The number of aromatic nitrogens is 2. The molecule has 0 amide bonds. The minimum Gasteiger partial charge on any atom is -0.493 e. The minimum absolute atomic E-state index is 0.334. The molecule has 6 heteroatoms. The van der Waals surface area contributed by atoms with Gasteiger partial charge in [-0.05, 0) is 53.1 Å². The van der Waals surface area contributed by atoms with E-state index in [1.807, 2.05) is 30.6 Å². The molecule has 1 N–H and O–H groups in total. The lowest BCUT2D eigenvalue weighted by atomic mass is 10.0. The normalized spacial score (nSPS) is 17.1. The summed E-state index contributed by atoms with van der Waals surface area (Å²) in [4.78, 5) is 10.7. The molecule has 1 atom stereocenters. The van der Waals surface area contributed by atoms with Crippen LogP contribution in [0, 0.1) is 0 Å². The van der Waals surface area contributed by atoms with E-state index in [-0.39, 0.29) is 0 Å². The van der Waals surface area contributed by atoms with Gasteiger partial charge in [0.15, 0.2) is 11.5 Å². The molecular weight excluding hydrogens is 364 g/mol. The van der Waals surface area contributed by atoms with E-state index in [9.17, 15) is 0 Å². The predicted octanol–water partition coefficient (Wildman–Crippen LogP) is 3.21. The summed E-state index contributed by atoms with van der Waals surface area (Å²) in [6.45, 7) is 4.27. The van der Waals surface area contributed by atoms with Gasteiger partial charge >= 0.3 is 0 Å². The van der Waals surface area contributed by atoms with Gasteiger partial charge in [0, 0.05) is 57.0 Å². The van der Waals surface area contributed by atoms with Crippen molar-refractivity contribution in [3.05, 3.63) is 83.9 Å². The molecule has 4 rings (SSSR count). The van der Waals surface area contributed by atoms with Crippen LogP contribution in [0.2, 0.25) is 0 Å². The van der Waals surface area contributed by atoms with Crippen LogP contribution in [0.3, 0.4) is 0 Å². The number of ether oxygens (including phenoxy) is 2. The number of hydrogen-bond acceptors (Lipinski definition) is 6. The summed E-state index contributed by atoms with van der Waals surface area (Å²) in [5.41, 5.74) is 3.57. The molecule has 1 saturated heterocycles. The van der Waals surface area contributed by atoms with E-state index in [0.29, 0.717) is 12.6 Å². The molecule has 0 aliphatic carbocycles. The molecule has 0 radical (unpaired) electrons. The second-order valence-corrected chi connectivity index (χ2v) is 7.10. The van der Waals surface area contributed by atoms with Gasteiger partial charge in [-0.3, -0.25) is 14.9 Å².